The predicted octanol–water partition coefficient (Wildman–Crippen LogP) is 6.13. The van der Waals surface area contributed by atoms with Gasteiger partial charge in [-0.25, -0.2) is 4.98 Å². The first-order valence-corrected chi connectivity index (χ1v) is 11.6. The van der Waals surface area contributed by atoms with E-state index < -0.39 is 0 Å². The maximum Gasteiger partial charge on any atom is 0.282 e. The highest BCUT2D eigenvalue weighted by molar-refractivity contribution is 9.10. The summed E-state index contributed by atoms with van der Waals surface area (Å²) in [6, 6.07) is 16.1. The molecule has 2 aromatic carbocycles. The summed E-state index contributed by atoms with van der Waals surface area (Å²) in [7, 11) is 0. The van der Waals surface area contributed by atoms with E-state index in [1.807, 2.05) is 26.0 Å². The molecule has 4 rings (SSSR count). The fraction of sp³-hybridized carbons (Fsp3) is 0.269. The Bertz CT molecular complexity index is 1400. The highest BCUT2D eigenvalue weighted by Crippen LogP contribution is 2.24. The summed E-state index contributed by atoms with van der Waals surface area (Å²) in [4.78, 5) is 18.0. The number of hydrogen-bond donors (Lipinski definition) is 0. The van der Waals surface area contributed by atoms with Gasteiger partial charge in [0.05, 0.1) is 17.1 Å². The number of fused-ring (bicyclic) bond motifs is 1. The summed E-state index contributed by atoms with van der Waals surface area (Å²) < 4.78 is 4.53. The van der Waals surface area contributed by atoms with E-state index in [1.54, 1.807) is 12.3 Å². The molecule has 0 radical (unpaired) electrons. The van der Waals surface area contributed by atoms with Gasteiger partial charge in [-0.2, -0.15) is 9.78 Å². The van der Waals surface area contributed by atoms with Crippen molar-refractivity contribution in [1.29, 1.82) is 0 Å². The van der Waals surface area contributed by atoms with Crippen LogP contribution >= 0.6 is 15.9 Å². The quantitative estimate of drug-likeness (QED) is 0.315. The average molecular weight is 491 g/mol. The molecule has 2 aromatic heterocycles. The van der Waals surface area contributed by atoms with Crippen molar-refractivity contribution in [2.24, 2.45) is 5.10 Å². The second-order valence-electron chi connectivity index (χ2n) is 8.29. The SMILES string of the molecule is CCc1ccccc1-n1c(C)cc(C=Nn2c(C(C)C)nc3ccc(Br)cc3c2=O)c1C. The summed E-state index contributed by atoms with van der Waals surface area (Å²) >= 11 is 3.45. The molecule has 0 unspecified atom stereocenters. The third kappa shape index (κ3) is 3.95. The zero-order valence-electron chi connectivity index (χ0n) is 19.1. The lowest BCUT2D eigenvalue weighted by atomic mass is 10.1. The van der Waals surface area contributed by atoms with Crippen molar-refractivity contribution in [3.8, 4) is 5.69 Å². The van der Waals surface area contributed by atoms with Gasteiger partial charge in [0.25, 0.3) is 5.56 Å². The normalized spacial score (nSPS) is 11.8. The number of nitrogens with zero attached hydrogens (tertiary/aromatic N) is 4. The Morgan fingerprint density at radius 2 is 1.88 bits per heavy atom. The van der Waals surface area contributed by atoms with Crippen LogP contribution in [0.4, 0.5) is 0 Å². The van der Waals surface area contributed by atoms with Crippen molar-refractivity contribution in [1.82, 2.24) is 14.2 Å². The summed E-state index contributed by atoms with van der Waals surface area (Å²) in [6.45, 7) is 10.4. The first-order valence-electron chi connectivity index (χ1n) is 10.9. The smallest absolute Gasteiger partial charge is 0.282 e. The molecule has 32 heavy (non-hydrogen) atoms. The molecular formula is C26H27BrN4O. The van der Waals surface area contributed by atoms with Crippen LogP contribution in [0.15, 0.2) is 62.9 Å². The number of para-hydroxylation sites is 1. The summed E-state index contributed by atoms with van der Waals surface area (Å²) in [6.07, 6.45) is 2.73. The van der Waals surface area contributed by atoms with Crippen LogP contribution in [0.2, 0.25) is 0 Å². The largest absolute Gasteiger partial charge is 0.318 e. The van der Waals surface area contributed by atoms with Gasteiger partial charge >= 0.3 is 0 Å². The Morgan fingerprint density at radius 1 is 1.12 bits per heavy atom. The van der Waals surface area contributed by atoms with Gasteiger partial charge in [-0.1, -0.05) is 54.9 Å². The second kappa shape index (κ2) is 8.87. The van der Waals surface area contributed by atoms with Crippen molar-refractivity contribution in [3.63, 3.8) is 0 Å². The summed E-state index contributed by atoms with van der Waals surface area (Å²) in [5, 5.41) is 5.16. The van der Waals surface area contributed by atoms with Gasteiger partial charge < -0.3 is 4.57 Å². The molecule has 164 valence electrons. The first kappa shape index (κ1) is 22.2. The standard InChI is InChI=1S/C26H27BrN4O/c1-6-19-9-7-8-10-24(19)30-17(4)13-20(18(30)5)15-28-31-25(16(2)3)29-23-12-11-21(27)14-22(23)26(31)32/h7-16H,6H2,1-5H3. The number of aryl methyl sites for hydroxylation is 2. The Balaban J connectivity index is 1.85. The van der Waals surface area contributed by atoms with E-state index in [-0.39, 0.29) is 11.5 Å². The van der Waals surface area contributed by atoms with Crippen molar-refractivity contribution >= 4 is 33.0 Å². The topological polar surface area (TPSA) is 52.2 Å². The number of aromatic nitrogens is 3. The minimum atomic E-state index is -0.165. The monoisotopic (exact) mass is 490 g/mol. The van der Waals surface area contributed by atoms with Gasteiger partial charge in [-0.3, -0.25) is 4.79 Å². The molecule has 2 heterocycles. The molecule has 0 fully saturated rings. The number of hydrogen-bond acceptors (Lipinski definition) is 3. The second-order valence-corrected chi connectivity index (χ2v) is 9.21. The number of halogens is 1. The molecule has 5 nitrogen and oxygen atoms in total. The zero-order chi connectivity index (χ0) is 23.0. The molecule has 0 atom stereocenters. The van der Waals surface area contributed by atoms with Crippen LogP contribution < -0.4 is 5.56 Å². The van der Waals surface area contributed by atoms with Crippen LogP contribution in [0.3, 0.4) is 0 Å². The Kier molecular flexibility index (Phi) is 6.15. The summed E-state index contributed by atoms with van der Waals surface area (Å²) in [5.74, 6) is 0.697. The van der Waals surface area contributed by atoms with E-state index in [0.29, 0.717) is 16.7 Å². The Morgan fingerprint density at radius 3 is 2.59 bits per heavy atom. The molecule has 0 amide bonds. The van der Waals surface area contributed by atoms with E-state index in [0.717, 1.165) is 27.8 Å². The van der Waals surface area contributed by atoms with Crippen molar-refractivity contribution in [2.45, 2.75) is 47.0 Å². The van der Waals surface area contributed by atoms with Gasteiger partial charge in [-0.15, -0.1) is 0 Å². The van der Waals surface area contributed by atoms with E-state index >= 15 is 0 Å². The minimum absolute atomic E-state index is 0.0526. The number of benzene rings is 2. The van der Waals surface area contributed by atoms with Crippen LogP contribution in [0.5, 0.6) is 0 Å². The molecule has 4 aromatic rings. The van der Waals surface area contributed by atoms with Crippen LogP contribution in [-0.2, 0) is 6.42 Å². The lowest BCUT2D eigenvalue weighted by Gasteiger charge is -2.14. The van der Waals surface area contributed by atoms with E-state index in [1.165, 1.54) is 15.9 Å². The third-order valence-electron chi connectivity index (χ3n) is 5.75. The van der Waals surface area contributed by atoms with Gasteiger partial charge in [-0.05, 0) is 56.2 Å². The molecule has 0 saturated carbocycles. The summed E-state index contributed by atoms with van der Waals surface area (Å²) in [5.41, 5.74) is 6.18. The number of rotatable bonds is 5. The molecule has 0 spiro atoms. The Hall–Kier alpha value is -2.99. The van der Waals surface area contributed by atoms with E-state index in [9.17, 15) is 4.79 Å². The van der Waals surface area contributed by atoms with Crippen molar-refractivity contribution < 1.29 is 0 Å². The van der Waals surface area contributed by atoms with Gasteiger partial charge in [0.2, 0.25) is 0 Å². The fourth-order valence-corrected chi connectivity index (χ4v) is 4.45. The van der Waals surface area contributed by atoms with Crippen molar-refractivity contribution in [2.75, 3.05) is 0 Å². The maximum absolute atomic E-state index is 13.3. The van der Waals surface area contributed by atoms with Gasteiger partial charge in [0.15, 0.2) is 0 Å². The molecule has 0 aliphatic heterocycles. The van der Waals surface area contributed by atoms with Crippen LogP contribution in [0.1, 0.15) is 55.0 Å². The van der Waals surface area contributed by atoms with Crippen LogP contribution in [0, 0.1) is 13.8 Å². The molecular weight excluding hydrogens is 464 g/mol. The maximum atomic E-state index is 13.3. The highest BCUT2D eigenvalue weighted by Gasteiger charge is 2.15. The first-order chi connectivity index (χ1) is 15.3. The van der Waals surface area contributed by atoms with E-state index in [2.05, 4.69) is 76.7 Å². The van der Waals surface area contributed by atoms with E-state index in [4.69, 9.17) is 4.98 Å². The lowest BCUT2D eigenvalue weighted by molar-refractivity contribution is 0.665. The zero-order valence-corrected chi connectivity index (χ0v) is 20.6. The fourth-order valence-electron chi connectivity index (χ4n) is 4.09. The molecule has 0 aliphatic rings. The molecule has 0 bridgehead atoms. The molecule has 0 aliphatic carbocycles. The molecule has 6 heteroatoms. The van der Waals surface area contributed by atoms with Gasteiger partial charge in [0.1, 0.15) is 5.82 Å². The van der Waals surface area contributed by atoms with Gasteiger partial charge in [0, 0.05) is 33.0 Å². The molecule has 0 N–H and O–H groups in total. The average Bonchev–Trinajstić information content (AvgIpc) is 3.06. The minimum Gasteiger partial charge on any atom is -0.318 e. The van der Waals surface area contributed by atoms with Crippen LogP contribution in [0.25, 0.3) is 16.6 Å². The van der Waals surface area contributed by atoms with Crippen molar-refractivity contribution in [3.05, 3.63) is 91.7 Å². The molecule has 0 saturated heterocycles. The predicted molar refractivity (Wildman–Crippen MR) is 135 cm³/mol. The Labute approximate surface area is 196 Å². The third-order valence-corrected chi connectivity index (χ3v) is 6.24. The lowest BCUT2D eigenvalue weighted by Crippen LogP contribution is -2.23. The van der Waals surface area contributed by atoms with Crippen LogP contribution in [-0.4, -0.2) is 20.4 Å². The highest BCUT2D eigenvalue weighted by atomic mass is 79.9.